The van der Waals surface area contributed by atoms with Crippen molar-refractivity contribution in [3.05, 3.63) is 0 Å². The molecule has 0 spiro atoms. The van der Waals surface area contributed by atoms with Gasteiger partial charge in [-0.3, -0.25) is 0 Å². The molecule has 0 saturated carbocycles. The first kappa shape index (κ1) is 23.4. The van der Waals surface area contributed by atoms with Gasteiger partial charge in [0.05, 0.1) is 20.1 Å². The van der Waals surface area contributed by atoms with Crippen molar-refractivity contribution in [2.24, 2.45) is 0 Å². The van der Waals surface area contributed by atoms with Crippen LogP contribution in [0.3, 0.4) is 0 Å². The number of aliphatic carboxylic acids is 1. The zero-order valence-electron chi connectivity index (χ0n) is 17.0. The molecule has 0 aliphatic heterocycles. The van der Waals surface area contributed by atoms with Crippen molar-refractivity contribution in [3.8, 4) is 0 Å². The van der Waals surface area contributed by atoms with Crippen LogP contribution in [0.25, 0.3) is 0 Å². The first-order chi connectivity index (χ1) is 11.4. The molecule has 0 aliphatic carbocycles. The molecule has 1 atom stereocenters. The lowest BCUT2D eigenvalue weighted by atomic mass is 10.0. The summed E-state index contributed by atoms with van der Waals surface area (Å²) < 4.78 is 0.591. The summed E-state index contributed by atoms with van der Waals surface area (Å²) in [4.78, 5) is 10.9. The number of carboxylic acids is 1. The highest BCUT2D eigenvalue weighted by Gasteiger charge is 2.26. The lowest BCUT2D eigenvalue weighted by Crippen LogP contribution is -2.50. The summed E-state index contributed by atoms with van der Waals surface area (Å²) >= 11 is 0. The minimum atomic E-state index is -0.697. The number of nitrogens with zero attached hydrogens (tertiary/aromatic N) is 1. The third-order valence-corrected chi connectivity index (χ3v) is 5.46. The van der Waals surface area contributed by atoms with Crippen molar-refractivity contribution in [2.45, 2.75) is 110 Å². The van der Waals surface area contributed by atoms with Gasteiger partial charge in [0.1, 0.15) is 0 Å². The van der Waals surface area contributed by atoms with Crippen molar-refractivity contribution in [1.82, 2.24) is 0 Å². The van der Waals surface area contributed by atoms with Gasteiger partial charge in [0, 0.05) is 0 Å². The Morgan fingerprint density at radius 1 is 0.792 bits per heavy atom. The average molecular weight is 343 g/mol. The predicted octanol–water partition coefficient (Wildman–Crippen LogP) is 6.02. The van der Waals surface area contributed by atoms with Crippen LogP contribution in [-0.4, -0.2) is 42.2 Å². The van der Waals surface area contributed by atoms with Crippen molar-refractivity contribution in [3.63, 3.8) is 0 Å². The fourth-order valence-electron chi connectivity index (χ4n) is 3.31. The summed E-state index contributed by atoms with van der Waals surface area (Å²) in [7, 11) is 4.06. The summed E-state index contributed by atoms with van der Waals surface area (Å²) in [5, 5.41) is 8.97. The molecule has 0 aromatic carbocycles. The number of hydrogen-bond acceptors (Lipinski definition) is 1. The molecule has 3 heteroatoms. The normalized spacial score (nSPS) is 13.2. The monoisotopic (exact) mass is 342 g/mol. The zero-order valence-corrected chi connectivity index (χ0v) is 17.0. The zero-order chi connectivity index (χ0) is 18.3. The van der Waals surface area contributed by atoms with Gasteiger partial charge in [-0.05, 0) is 19.8 Å². The van der Waals surface area contributed by atoms with Crippen LogP contribution in [0.1, 0.15) is 104 Å². The second-order valence-corrected chi connectivity index (χ2v) is 8.21. The number of likely N-dealkylation sites (N-methyl/N-ethyl adjacent to an activating group) is 1. The third kappa shape index (κ3) is 13.8. The Labute approximate surface area is 151 Å². The topological polar surface area (TPSA) is 37.3 Å². The van der Waals surface area contributed by atoms with Gasteiger partial charge in [-0.25, -0.2) is 4.79 Å². The number of carbonyl (C=O) groups is 1. The van der Waals surface area contributed by atoms with Crippen molar-refractivity contribution in [1.29, 1.82) is 0 Å². The van der Waals surface area contributed by atoms with Gasteiger partial charge in [-0.2, -0.15) is 0 Å². The van der Waals surface area contributed by atoms with Crippen molar-refractivity contribution >= 4 is 5.97 Å². The van der Waals surface area contributed by atoms with Gasteiger partial charge in [0.2, 0.25) is 0 Å². The van der Waals surface area contributed by atoms with E-state index in [0.29, 0.717) is 10.5 Å². The molecule has 0 aliphatic rings. The molecule has 24 heavy (non-hydrogen) atoms. The lowest BCUT2D eigenvalue weighted by molar-refractivity contribution is -0.906. The highest BCUT2D eigenvalue weighted by molar-refractivity contribution is 5.67. The SMILES string of the molecule is CCCCCCCCCCCCCCCC(C)[N+](C)(C)CC(=O)O. The Kier molecular flexibility index (Phi) is 14.4. The van der Waals surface area contributed by atoms with Crippen LogP contribution in [0.15, 0.2) is 0 Å². The molecule has 0 bridgehead atoms. The van der Waals surface area contributed by atoms with Gasteiger partial charge >= 0.3 is 5.97 Å². The fourth-order valence-corrected chi connectivity index (χ4v) is 3.31. The molecular formula is C21H44NO2+. The van der Waals surface area contributed by atoms with Crippen LogP contribution in [0.2, 0.25) is 0 Å². The third-order valence-electron chi connectivity index (χ3n) is 5.46. The summed E-state index contributed by atoms with van der Waals surface area (Å²) in [6, 6.07) is 0.425. The maximum atomic E-state index is 10.9. The number of hydrogen-bond donors (Lipinski definition) is 1. The van der Waals surface area contributed by atoms with E-state index in [1.54, 1.807) is 0 Å². The van der Waals surface area contributed by atoms with Crippen molar-refractivity contribution in [2.75, 3.05) is 20.6 Å². The average Bonchev–Trinajstić information content (AvgIpc) is 2.50. The smallest absolute Gasteiger partial charge is 0.359 e. The second-order valence-electron chi connectivity index (χ2n) is 8.21. The molecule has 1 unspecified atom stereocenters. The Bertz CT molecular complexity index is 302. The number of quaternary nitrogens is 1. The van der Waals surface area contributed by atoms with Crippen LogP contribution >= 0.6 is 0 Å². The summed E-state index contributed by atoms with van der Waals surface area (Å²) in [6.07, 6.45) is 19.1. The van der Waals surface area contributed by atoms with Crippen LogP contribution < -0.4 is 0 Å². The van der Waals surface area contributed by atoms with E-state index in [-0.39, 0.29) is 6.54 Å². The molecule has 144 valence electrons. The van der Waals surface area contributed by atoms with Gasteiger partial charge in [0.15, 0.2) is 6.54 Å². The molecular weight excluding hydrogens is 298 g/mol. The first-order valence-corrected chi connectivity index (χ1v) is 10.4. The Morgan fingerprint density at radius 3 is 1.54 bits per heavy atom. The largest absolute Gasteiger partial charge is 0.477 e. The lowest BCUT2D eigenvalue weighted by Gasteiger charge is -2.34. The molecule has 1 N–H and O–H groups in total. The van der Waals surface area contributed by atoms with E-state index >= 15 is 0 Å². The minimum absolute atomic E-state index is 0.222. The van der Waals surface area contributed by atoms with E-state index in [9.17, 15) is 4.79 Å². The Morgan fingerprint density at radius 2 is 1.17 bits per heavy atom. The molecule has 0 heterocycles. The second kappa shape index (κ2) is 14.7. The predicted molar refractivity (Wildman–Crippen MR) is 104 cm³/mol. The highest BCUT2D eigenvalue weighted by Crippen LogP contribution is 2.16. The molecule has 0 aromatic rings. The summed E-state index contributed by atoms with van der Waals surface area (Å²) in [5.74, 6) is -0.697. The molecule has 3 nitrogen and oxygen atoms in total. The highest BCUT2D eigenvalue weighted by atomic mass is 16.4. The maximum absolute atomic E-state index is 10.9. The first-order valence-electron chi connectivity index (χ1n) is 10.4. The summed E-state index contributed by atoms with van der Waals surface area (Å²) in [5.41, 5.74) is 0. The van der Waals surface area contributed by atoms with Crippen LogP contribution in [0, 0.1) is 0 Å². The van der Waals surface area contributed by atoms with E-state index < -0.39 is 5.97 Å². The molecule has 0 rings (SSSR count). The van der Waals surface area contributed by atoms with Gasteiger partial charge < -0.3 is 9.59 Å². The van der Waals surface area contributed by atoms with Gasteiger partial charge in [-0.15, -0.1) is 0 Å². The molecule has 0 saturated heterocycles. The standard InChI is InChI=1S/C21H43NO2/c1-5-6-7-8-9-10-11-12-13-14-15-16-17-18-20(2)22(3,4)19-21(23)24/h20H,5-19H2,1-4H3/p+1. The maximum Gasteiger partial charge on any atom is 0.359 e. The number of unbranched alkanes of at least 4 members (excludes halogenated alkanes) is 12. The van der Waals surface area contributed by atoms with Gasteiger partial charge in [-0.1, -0.05) is 84.0 Å². The molecule has 0 radical (unpaired) electrons. The van der Waals surface area contributed by atoms with Crippen LogP contribution in [-0.2, 0) is 4.79 Å². The van der Waals surface area contributed by atoms with E-state index in [1.165, 1.54) is 83.5 Å². The minimum Gasteiger partial charge on any atom is -0.477 e. The number of rotatable bonds is 17. The van der Waals surface area contributed by atoms with Crippen LogP contribution in [0.5, 0.6) is 0 Å². The Balaban J connectivity index is 3.37. The quantitative estimate of drug-likeness (QED) is 0.259. The Hall–Kier alpha value is -0.570. The molecule has 0 amide bonds. The van der Waals surface area contributed by atoms with Crippen molar-refractivity contribution < 1.29 is 14.4 Å². The molecule has 0 aromatic heterocycles. The van der Waals surface area contributed by atoms with E-state index in [0.717, 1.165) is 6.42 Å². The fraction of sp³-hybridized carbons (Fsp3) is 0.952. The summed E-state index contributed by atoms with van der Waals surface area (Å²) in [6.45, 7) is 4.68. The number of carboxylic acid groups (broad SMARTS) is 1. The molecule has 0 fully saturated rings. The van der Waals surface area contributed by atoms with E-state index in [4.69, 9.17) is 5.11 Å². The van der Waals surface area contributed by atoms with Gasteiger partial charge in [0.25, 0.3) is 0 Å². The van der Waals surface area contributed by atoms with E-state index in [1.807, 2.05) is 14.1 Å². The van der Waals surface area contributed by atoms with Crippen LogP contribution in [0.4, 0.5) is 0 Å². The van der Waals surface area contributed by atoms with E-state index in [2.05, 4.69) is 13.8 Å².